The number of carbonyl (C=O) groups is 1. The van der Waals surface area contributed by atoms with E-state index in [0.717, 1.165) is 7.11 Å². The summed E-state index contributed by atoms with van der Waals surface area (Å²) in [6.45, 7) is 1.64. The topological polar surface area (TPSA) is 90.4 Å². The number of rotatable bonds is 4. The molecular weight excluding hydrogens is 399 g/mol. The molecule has 1 aromatic carbocycles. The predicted octanol–water partition coefficient (Wildman–Crippen LogP) is 3.80. The van der Waals surface area contributed by atoms with Crippen LogP contribution in [0.25, 0.3) is 11.3 Å². The third-order valence-corrected chi connectivity index (χ3v) is 5.51. The van der Waals surface area contributed by atoms with Crippen LogP contribution in [0, 0.1) is 12.8 Å². The number of allylic oxidation sites excluding steroid dienone is 1. The van der Waals surface area contributed by atoms with Crippen LogP contribution in [0.5, 0.6) is 0 Å². The fourth-order valence-electron chi connectivity index (χ4n) is 4.04. The Bertz CT molecular complexity index is 954. The van der Waals surface area contributed by atoms with Crippen molar-refractivity contribution in [2.75, 3.05) is 12.8 Å². The smallest absolute Gasteiger partial charge is 0.428 e. The van der Waals surface area contributed by atoms with E-state index < -0.39 is 23.7 Å². The Kier molecular flexibility index (Phi) is 5.94. The zero-order valence-corrected chi connectivity index (χ0v) is 16.7. The number of aryl methyl sites for hydroxylation is 1. The largest absolute Gasteiger partial charge is 0.467 e. The molecule has 1 aliphatic carbocycles. The highest BCUT2D eigenvalue weighted by molar-refractivity contribution is 5.87. The molecule has 3 N–H and O–H groups in total. The number of nitrogens with two attached hydrogens (primary N) is 1. The van der Waals surface area contributed by atoms with Crippen molar-refractivity contribution in [1.29, 1.82) is 0 Å². The van der Waals surface area contributed by atoms with Crippen LogP contribution in [0.1, 0.15) is 36.9 Å². The van der Waals surface area contributed by atoms with Gasteiger partial charge in [-0.3, -0.25) is 0 Å². The Morgan fingerprint density at radius 2 is 1.93 bits per heavy atom. The van der Waals surface area contributed by atoms with Crippen LogP contribution in [-0.4, -0.2) is 39.7 Å². The molecule has 0 saturated carbocycles. The lowest BCUT2D eigenvalue weighted by Gasteiger charge is -2.36. The Morgan fingerprint density at radius 1 is 1.27 bits per heavy atom. The molecule has 162 valence electrons. The number of aromatic nitrogens is 2. The van der Waals surface area contributed by atoms with Crippen molar-refractivity contribution in [2.45, 2.75) is 44.4 Å². The van der Waals surface area contributed by atoms with Gasteiger partial charge >= 0.3 is 12.1 Å². The third-order valence-electron chi connectivity index (χ3n) is 5.51. The molecule has 2 aromatic rings. The van der Waals surface area contributed by atoms with Gasteiger partial charge in [0, 0.05) is 11.5 Å². The zero-order valence-electron chi connectivity index (χ0n) is 16.7. The van der Waals surface area contributed by atoms with Crippen molar-refractivity contribution in [3.63, 3.8) is 0 Å². The minimum Gasteiger partial charge on any atom is -0.467 e. The summed E-state index contributed by atoms with van der Waals surface area (Å²) in [7, 11) is 0.826. The number of esters is 1. The van der Waals surface area contributed by atoms with Gasteiger partial charge in [0.2, 0.25) is 0 Å². The summed E-state index contributed by atoms with van der Waals surface area (Å²) < 4.78 is 47.8. The molecule has 6 nitrogen and oxygen atoms in total. The second-order valence-electron chi connectivity index (χ2n) is 7.35. The highest BCUT2D eigenvalue weighted by Gasteiger charge is 2.65. The van der Waals surface area contributed by atoms with Gasteiger partial charge in [0.05, 0.1) is 18.5 Å². The maximum atomic E-state index is 14.0. The van der Waals surface area contributed by atoms with Gasteiger partial charge in [-0.25, -0.2) is 9.48 Å². The lowest BCUT2D eigenvalue weighted by Crippen LogP contribution is -2.58. The Balaban J connectivity index is 2.19. The van der Waals surface area contributed by atoms with Gasteiger partial charge in [0.15, 0.2) is 0 Å². The fraction of sp³-hybridized carbons (Fsp3) is 0.429. The minimum absolute atomic E-state index is 0.0493. The number of nitrogens with zero attached hydrogens (tertiary/aromatic N) is 2. The van der Waals surface area contributed by atoms with Crippen LogP contribution in [-0.2, 0) is 9.53 Å². The SMILES string of the molecule is COC(=O)[C@@](O)(C1CCCCC=C1c1c(C)nn(-c2ccccc2)c1N)C(F)(F)F. The molecule has 1 unspecified atom stereocenters. The second-order valence-corrected chi connectivity index (χ2v) is 7.35. The fourth-order valence-corrected chi connectivity index (χ4v) is 4.04. The van der Waals surface area contributed by atoms with Gasteiger partial charge in [0.25, 0.3) is 5.60 Å². The number of alkyl halides is 3. The number of aliphatic hydroxyl groups is 1. The van der Waals surface area contributed by atoms with Crippen LogP contribution in [0.3, 0.4) is 0 Å². The summed E-state index contributed by atoms with van der Waals surface area (Å²) in [4.78, 5) is 12.2. The van der Waals surface area contributed by atoms with E-state index in [1.807, 2.05) is 6.07 Å². The number of para-hydroxylation sites is 1. The molecule has 0 saturated heterocycles. The molecule has 30 heavy (non-hydrogen) atoms. The average molecular weight is 423 g/mol. The quantitative estimate of drug-likeness (QED) is 0.730. The summed E-state index contributed by atoms with van der Waals surface area (Å²) in [5.74, 6) is -3.16. The number of halogens is 3. The molecule has 0 radical (unpaired) electrons. The normalized spacial score (nSPS) is 19.5. The van der Waals surface area contributed by atoms with E-state index in [2.05, 4.69) is 9.84 Å². The highest BCUT2D eigenvalue weighted by Crippen LogP contribution is 2.48. The van der Waals surface area contributed by atoms with Gasteiger partial charge < -0.3 is 15.6 Å². The van der Waals surface area contributed by atoms with E-state index in [1.165, 1.54) is 4.68 Å². The van der Waals surface area contributed by atoms with Gasteiger partial charge in [-0.1, -0.05) is 30.7 Å². The van der Waals surface area contributed by atoms with E-state index in [4.69, 9.17) is 5.73 Å². The summed E-state index contributed by atoms with van der Waals surface area (Å²) in [6.07, 6.45) is -2.13. The number of hydrogen-bond acceptors (Lipinski definition) is 5. The monoisotopic (exact) mass is 423 g/mol. The minimum atomic E-state index is -5.23. The molecule has 0 bridgehead atoms. The maximum Gasteiger partial charge on any atom is 0.428 e. The number of anilines is 1. The first-order valence-electron chi connectivity index (χ1n) is 9.61. The van der Waals surface area contributed by atoms with E-state index in [-0.39, 0.29) is 17.8 Å². The number of benzene rings is 1. The molecule has 3 rings (SSSR count). The van der Waals surface area contributed by atoms with Crippen molar-refractivity contribution in [3.8, 4) is 5.69 Å². The summed E-state index contributed by atoms with van der Waals surface area (Å²) in [5.41, 5.74) is 4.15. The van der Waals surface area contributed by atoms with E-state index in [1.54, 1.807) is 37.3 Å². The summed E-state index contributed by atoms with van der Waals surface area (Å²) >= 11 is 0. The first-order valence-corrected chi connectivity index (χ1v) is 9.61. The number of ether oxygens (including phenoxy) is 1. The summed E-state index contributed by atoms with van der Waals surface area (Å²) in [6, 6.07) is 8.94. The van der Waals surface area contributed by atoms with Crippen molar-refractivity contribution >= 4 is 17.4 Å². The third kappa shape index (κ3) is 3.58. The molecule has 9 heteroatoms. The molecule has 1 aromatic heterocycles. The van der Waals surface area contributed by atoms with E-state index in [9.17, 15) is 23.1 Å². The lowest BCUT2D eigenvalue weighted by atomic mass is 9.76. The van der Waals surface area contributed by atoms with Gasteiger partial charge in [-0.2, -0.15) is 18.3 Å². The molecule has 0 aliphatic heterocycles. The van der Waals surface area contributed by atoms with E-state index >= 15 is 0 Å². The second kappa shape index (κ2) is 8.14. The standard InChI is InChI=1S/C21H24F3N3O3/c1-13-17(18(25)27(26-13)14-9-5-3-6-10-14)15-11-7-4-8-12-16(15)20(29,19(28)30-2)21(22,23)24/h3,5-6,9-11,16,29H,4,7-8,12,25H2,1-2H3/t16?,20-/m0/s1. The maximum absolute atomic E-state index is 14.0. The molecule has 0 amide bonds. The van der Waals surface area contributed by atoms with Crippen LogP contribution in [0.15, 0.2) is 36.4 Å². The van der Waals surface area contributed by atoms with Crippen LogP contribution >= 0.6 is 0 Å². The zero-order chi connectivity index (χ0) is 22.1. The molecule has 0 spiro atoms. The van der Waals surface area contributed by atoms with Gasteiger partial charge in [-0.15, -0.1) is 0 Å². The van der Waals surface area contributed by atoms with Gasteiger partial charge in [0.1, 0.15) is 5.82 Å². The number of methoxy groups -OCH3 is 1. The lowest BCUT2D eigenvalue weighted by molar-refractivity contribution is -0.272. The molecule has 1 aliphatic rings. The first-order chi connectivity index (χ1) is 14.1. The number of nitrogen functional groups attached to an aromatic ring is 1. The Hall–Kier alpha value is -2.81. The van der Waals surface area contributed by atoms with E-state index in [0.29, 0.717) is 36.2 Å². The molecule has 2 atom stereocenters. The van der Waals surface area contributed by atoms with Crippen molar-refractivity contribution < 1.29 is 27.8 Å². The van der Waals surface area contributed by atoms with Crippen molar-refractivity contribution in [3.05, 3.63) is 47.7 Å². The first kappa shape index (κ1) is 21.9. The molecule has 0 fully saturated rings. The number of hydrogen-bond donors (Lipinski definition) is 2. The Labute approximate surface area is 172 Å². The summed E-state index contributed by atoms with van der Waals surface area (Å²) in [5, 5.41) is 15.1. The Morgan fingerprint density at radius 3 is 2.53 bits per heavy atom. The molecular formula is C21H24F3N3O3. The predicted molar refractivity (Wildman–Crippen MR) is 106 cm³/mol. The molecule has 1 heterocycles. The van der Waals surface area contributed by atoms with Crippen molar-refractivity contribution in [2.24, 2.45) is 5.92 Å². The van der Waals surface area contributed by atoms with Crippen LogP contribution in [0.2, 0.25) is 0 Å². The van der Waals surface area contributed by atoms with Gasteiger partial charge in [-0.05, 0) is 43.9 Å². The van der Waals surface area contributed by atoms with Crippen molar-refractivity contribution in [1.82, 2.24) is 9.78 Å². The number of carbonyl (C=O) groups excluding carboxylic acids is 1. The van der Waals surface area contributed by atoms with Crippen LogP contribution in [0.4, 0.5) is 19.0 Å². The average Bonchev–Trinajstić information content (AvgIpc) is 2.87. The van der Waals surface area contributed by atoms with Crippen LogP contribution < -0.4 is 5.73 Å². The highest BCUT2D eigenvalue weighted by atomic mass is 19.4.